The van der Waals surface area contributed by atoms with Gasteiger partial charge < -0.3 is 9.47 Å². The predicted octanol–water partition coefficient (Wildman–Crippen LogP) is 8.76. The molecule has 4 nitrogen and oxygen atoms in total. The smallest absolute Gasteiger partial charge is 0.311 e. The molecule has 0 amide bonds. The highest BCUT2D eigenvalue weighted by Crippen LogP contribution is 2.32. The first-order chi connectivity index (χ1) is 18.8. The lowest BCUT2D eigenvalue weighted by atomic mass is 10.1. The number of benzene rings is 3. The van der Waals surface area contributed by atoms with Crippen molar-refractivity contribution < 1.29 is 36.6 Å². The Morgan fingerprint density at radius 3 is 1.85 bits per heavy atom. The van der Waals surface area contributed by atoms with Crippen LogP contribution >= 0.6 is 11.3 Å². The minimum absolute atomic E-state index is 0.0959. The number of esters is 2. The maximum atomic E-state index is 14.4. The van der Waals surface area contributed by atoms with Gasteiger partial charge in [-0.1, -0.05) is 37.8 Å². The molecule has 0 spiro atoms. The van der Waals surface area contributed by atoms with Crippen molar-refractivity contribution >= 4 is 33.4 Å². The first-order valence-corrected chi connectivity index (χ1v) is 13.5. The van der Waals surface area contributed by atoms with Gasteiger partial charge in [0, 0.05) is 34.6 Å². The second-order valence-corrected chi connectivity index (χ2v) is 10.1. The Morgan fingerprint density at radius 2 is 1.23 bits per heavy atom. The largest absolute Gasteiger partial charge is 0.427 e. The fraction of sp³-hybridized carbons (Fsp3) is 0.267. The van der Waals surface area contributed by atoms with E-state index < -0.39 is 34.5 Å². The highest BCUT2D eigenvalue weighted by molar-refractivity contribution is 7.17. The van der Waals surface area contributed by atoms with E-state index >= 15 is 0 Å². The third-order valence-corrected chi connectivity index (χ3v) is 7.06. The number of halogens is 4. The van der Waals surface area contributed by atoms with E-state index in [1.165, 1.54) is 54.6 Å². The van der Waals surface area contributed by atoms with E-state index in [2.05, 4.69) is 0 Å². The van der Waals surface area contributed by atoms with Crippen LogP contribution in [0.25, 0.3) is 21.2 Å². The molecule has 3 aromatic carbocycles. The quantitative estimate of drug-likeness (QED) is 0.0755. The molecule has 1 aromatic heterocycles. The number of ether oxygens (including phenoxy) is 2. The van der Waals surface area contributed by atoms with Crippen LogP contribution in [0, 0.1) is 22.6 Å². The topological polar surface area (TPSA) is 52.6 Å². The number of rotatable bonds is 12. The van der Waals surface area contributed by atoms with E-state index in [9.17, 15) is 27.2 Å². The number of fused-ring (bicyclic) bond motifs is 1. The average Bonchev–Trinajstić information content (AvgIpc) is 3.19. The molecule has 0 saturated carbocycles. The summed E-state index contributed by atoms with van der Waals surface area (Å²) in [6.07, 6.45) is 5.03. The normalized spacial score (nSPS) is 11.1. The molecule has 0 saturated heterocycles. The van der Waals surface area contributed by atoms with E-state index in [1.807, 2.05) is 0 Å². The number of carbonyl (C=O) groups is 2. The zero-order valence-corrected chi connectivity index (χ0v) is 21.8. The number of hydrogen-bond donors (Lipinski definition) is 0. The zero-order valence-electron chi connectivity index (χ0n) is 21.0. The Labute approximate surface area is 227 Å². The highest BCUT2D eigenvalue weighted by Gasteiger charge is 2.14. The van der Waals surface area contributed by atoms with Crippen LogP contribution in [0.5, 0.6) is 11.5 Å². The van der Waals surface area contributed by atoms with E-state index in [-0.39, 0.29) is 35.3 Å². The van der Waals surface area contributed by atoms with Gasteiger partial charge in [0.2, 0.25) is 5.13 Å². The summed E-state index contributed by atoms with van der Waals surface area (Å²) in [5, 5.41) is -0.798. The van der Waals surface area contributed by atoms with Crippen molar-refractivity contribution in [3.05, 3.63) is 83.2 Å². The van der Waals surface area contributed by atoms with Crippen LogP contribution in [-0.2, 0) is 9.59 Å². The maximum Gasteiger partial charge on any atom is 0.311 e. The molecule has 0 bridgehead atoms. The van der Waals surface area contributed by atoms with E-state index in [4.69, 9.17) is 9.47 Å². The molecule has 0 radical (unpaired) electrons. The summed E-state index contributed by atoms with van der Waals surface area (Å²) in [4.78, 5) is 24.1. The third-order valence-electron chi connectivity index (χ3n) is 6.13. The summed E-state index contributed by atoms with van der Waals surface area (Å²) in [7, 11) is 0. The molecule has 0 N–H and O–H groups in total. The molecule has 1 heterocycles. The SMILES string of the molecule is O=C(CCCCCCCCC(=O)Oc1ccc2sc(F)c(F)c2c1)Oc1ccc(-c2ccc(F)cc2)c(F)c1. The zero-order chi connectivity index (χ0) is 27.8. The Morgan fingerprint density at radius 1 is 0.667 bits per heavy atom. The first-order valence-electron chi connectivity index (χ1n) is 12.6. The van der Waals surface area contributed by atoms with Crippen LogP contribution in [0.3, 0.4) is 0 Å². The van der Waals surface area contributed by atoms with Crippen LogP contribution in [0.2, 0.25) is 0 Å². The molecule has 39 heavy (non-hydrogen) atoms. The molecule has 0 aliphatic heterocycles. The van der Waals surface area contributed by atoms with Crippen molar-refractivity contribution in [2.45, 2.75) is 51.4 Å². The van der Waals surface area contributed by atoms with Crippen LogP contribution in [0.15, 0.2) is 60.7 Å². The number of hydrogen-bond acceptors (Lipinski definition) is 5. The lowest BCUT2D eigenvalue weighted by Crippen LogP contribution is -2.08. The van der Waals surface area contributed by atoms with Crippen molar-refractivity contribution in [1.82, 2.24) is 0 Å². The van der Waals surface area contributed by atoms with Crippen LogP contribution < -0.4 is 9.47 Å². The molecule has 4 aromatic rings. The summed E-state index contributed by atoms with van der Waals surface area (Å²) in [6.45, 7) is 0. The Kier molecular flexibility index (Phi) is 9.70. The van der Waals surface area contributed by atoms with Crippen LogP contribution in [-0.4, -0.2) is 11.9 Å². The number of carbonyl (C=O) groups excluding carboxylic acids is 2. The Balaban J connectivity index is 1.08. The summed E-state index contributed by atoms with van der Waals surface area (Å²) >= 11 is 0.703. The van der Waals surface area contributed by atoms with E-state index in [0.717, 1.165) is 31.7 Å². The Hall–Kier alpha value is -3.72. The molecular formula is C30H26F4O4S. The minimum Gasteiger partial charge on any atom is -0.427 e. The molecule has 0 fully saturated rings. The molecule has 204 valence electrons. The van der Waals surface area contributed by atoms with Gasteiger partial charge in [0.1, 0.15) is 23.1 Å². The van der Waals surface area contributed by atoms with Crippen molar-refractivity contribution in [3.8, 4) is 22.6 Å². The van der Waals surface area contributed by atoms with Gasteiger partial charge in [-0.25, -0.2) is 13.2 Å². The molecule has 0 unspecified atom stereocenters. The van der Waals surface area contributed by atoms with Crippen molar-refractivity contribution in [1.29, 1.82) is 0 Å². The second-order valence-electron chi connectivity index (χ2n) is 9.07. The van der Waals surface area contributed by atoms with E-state index in [1.54, 1.807) is 0 Å². The standard InChI is InChI=1S/C30H26F4O4S/c31-20-11-9-19(10-12-20)23-15-13-22(18-25(23)32)38-28(36)8-6-4-2-1-3-5-7-27(35)37-21-14-16-26-24(17-21)29(33)30(34)39-26/h9-18H,1-8H2. The van der Waals surface area contributed by atoms with Gasteiger partial charge in [-0.3, -0.25) is 9.59 Å². The Bertz CT molecular complexity index is 1450. The first kappa shape index (κ1) is 28.3. The molecule has 4 rings (SSSR count). The molecular weight excluding hydrogens is 532 g/mol. The molecule has 0 atom stereocenters. The van der Waals surface area contributed by atoms with Gasteiger partial charge in [0.05, 0.1) is 0 Å². The molecule has 0 aliphatic carbocycles. The van der Waals surface area contributed by atoms with Gasteiger partial charge >= 0.3 is 11.9 Å². The maximum absolute atomic E-state index is 14.4. The summed E-state index contributed by atoms with van der Waals surface area (Å²) in [5.41, 5.74) is 0.809. The van der Waals surface area contributed by atoms with Crippen molar-refractivity contribution in [3.63, 3.8) is 0 Å². The van der Waals surface area contributed by atoms with Gasteiger partial charge in [-0.2, -0.15) is 4.39 Å². The predicted molar refractivity (Wildman–Crippen MR) is 142 cm³/mol. The third kappa shape index (κ3) is 7.89. The van der Waals surface area contributed by atoms with Crippen LogP contribution in [0.4, 0.5) is 17.6 Å². The molecule has 9 heteroatoms. The van der Waals surface area contributed by atoms with Gasteiger partial charge in [-0.05, 0) is 60.9 Å². The van der Waals surface area contributed by atoms with E-state index in [0.29, 0.717) is 34.4 Å². The van der Waals surface area contributed by atoms with Gasteiger partial charge in [-0.15, -0.1) is 11.3 Å². The highest BCUT2D eigenvalue weighted by atomic mass is 32.1. The number of thiophene rings is 1. The minimum atomic E-state index is -0.938. The fourth-order valence-electron chi connectivity index (χ4n) is 4.11. The van der Waals surface area contributed by atoms with Gasteiger partial charge in [0.25, 0.3) is 0 Å². The van der Waals surface area contributed by atoms with Crippen molar-refractivity contribution in [2.24, 2.45) is 0 Å². The lowest BCUT2D eigenvalue weighted by Gasteiger charge is -2.08. The summed E-state index contributed by atoms with van der Waals surface area (Å²) < 4.78 is 65.5. The lowest BCUT2D eigenvalue weighted by molar-refractivity contribution is -0.135. The summed E-state index contributed by atoms with van der Waals surface area (Å²) in [6, 6.07) is 13.9. The number of unbranched alkanes of at least 4 members (excludes halogenated alkanes) is 5. The van der Waals surface area contributed by atoms with Crippen molar-refractivity contribution in [2.75, 3.05) is 0 Å². The second kappa shape index (κ2) is 13.4. The van der Waals surface area contributed by atoms with Crippen LogP contribution in [0.1, 0.15) is 51.4 Å². The fourth-order valence-corrected chi connectivity index (χ4v) is 4.90. The average molecular weight is 559 g/mol. The van der Waals surface area contributed by atoms with Gasteiger partial charge in [0.15, 0.2) is 5.82 Å². The monoisotopic (exact) mass is 558 g/mol. The summed E-state index contributed by atoms with van der Waals surface area (Å²) in [5.74, 6) is -2.50. The molecule has 0 aliphatic rings.